The molecule has 0 fully saturated rings. The van der Waals surface area contributed by atoms with Crippen molar-refractivity contribution in [3.05, 3.63) is 86.1 Å². The van der Waals surface area contributed by atoms with Crippen molar-refractivity contribution in [3.8, 4) is 11.8 Å². The average molecular weight is 514 g/mol. The summed E-state index contributed by atoms with van der Waals surface area (Å²) >= 11 is 7.27. The zero-order chi connectivity index (χ0) is 24.2. The topological polar surface area (TPSA) is 12.4 Å². The van der Waals surface area contributed by atoms with Crippen LogP contribution < -0.4 is 0 Å². The van der Waals surface area contributed by atoms with Crippen molar-refractivity contribution in [2.24, 2.45) is 4.99 Å². The van der Waals surface area contributed by atoms with Gasteiger partial charge in [-0.2, -0.15) is 4.99 Å². The fraction of sp³-hybridized carbons (Fsp3) is 0.115. The number of fused-ring (bicyclic) bond motifs is 1. The molecule has 34 heavy (non-hydrogen) atoms. The van der Waals surface area contributed by atoms with Gasteiger partial charge < -0.3 is 0 Å². The van der Waals surface area contributed by atoms with Crippen LogP contribution in [0.4, 0.5) is 23.2 Å². The first-order chi connectivity index (χ1) is 16.4. The van der Waals surface area contributed by atoms with Crippen molar-refractivity contribution in [2.45, 2.75) is 19.8 Å². The number of thiocarbonyl (C=S) groups is 1. The van der Waals surface area contributed by atoms with E-state index in [1.165, 1.54) is 46.9 Å². The van der Waals surface area contributed by atoms with Crippen molar-refractivity contribution in [3.63, 3.8) is 0 Å². The molecule has 0 aliphatic rings. The van der Waals surface area contributed by atoms with Crippen molar-refractivity contribution in [2.75, 3.05) is 0 Å². The first kappa shape index (κ1) is 24.1. The summed E-state index contributed by atoms with van der Waals surface area (Å²) in [6.07, 6.45) is 4.76. The normalized spacial score (nSPS) is 11.0. The van der Waals surface area contributed by atoms with E-state index < -0.39 is 29.0 Å². The molecule has 0 saturated heterocycles. The van der Waals surface area contributed by atoms with Gasteiger partial charge >= 0.3 is 0 Å². The number of benzene rings is 2. The lowest BCUT2D eigenvalue weighted by molar-refractivity contribution is 0.573. The fourth-order valence-corrected chi connectivity index (χ4v) is 5.57. The second kappa shape index (κ2) is 10.5. The first-order valence-electron chi connectivity index (χ1n) is 10.2. The van der Waals surface area contributed by atoms with Crippen molar-refractivity contribution < 1.29 is 17.6 Å². The molecule has 0 radical (unpaired) electrons. The zero-order valence-electron chi connectivity index (χ0n) is 17.7. The molecule has 0 spiro atoms. The monoisotopic (exact) mass is 513 g/mol. The van der Waals surface area contributed by atoms with Gasteiger partial charge in [-0.25, -0.2) is 17.6 Å². The molecule has 0 aliphatic carbocycles. The van der Waals surface area contributed by atoms with E-state index in [2.05, 4.69) is 29.1 Å². The summed E-state index contributed by atoms with van der Waals surface area (Å²) in [6.45, 7) is 1.95. The minimum absolute atomic E-state index is 0.234. The van der Waals surface area contributed by atoms with Gasteiger partial charge in [0.2, 0.25) is 0 Å². The van der Waals surface area contributed by atoms with Crippen LogP contribution in [0.3, 0.4) is 0 Å². The van der Waals surface area contributed by atoms with E-state index >= 15 is 0 Å². The highest BCUT2D eigenvalue weighted by atomic mass is 32.1. The first-order valence-corrected chi connectivity index (χ1v) is 12.2. The maximum atomic E-state index is 14.3. The van der Waals surface area contributed by atoms with Crippen molar-refractivity contribution >= 4 is 67.3 Å². The lowest BCUT2D eigenvalue weighted by Crippen LogP contribution is -1.94. The van der Waals surface area contributed by atoms with E-state index in [4.69, 9.17) is 0 Å². The third-order valence-electron chi connectivity index (χ3n) is 4.81. The molecule has 0 aliphatic heterocycles. The van der Waals surface area contributed by atoms with E-state index in [9.17, 15) is 17.6 Å². The SMILES string of the molecule is CCCc1cc(F)c(C#Cc2cc3sc(/C=C/c4cc(F)c(N=C=S)c(F)c4)cc3s2)c(F)c1. The molecule has 0 atom stereocenters. The summed E-state index contributed by atoms with van der Waals surface area (Å²) in [6, 6.07) is 8.78. The predicted molar refractivity (Wildman–Crippen MR) is 136 cm³/mol. The molecular formula is C26H15F4NS3. The van der Waals surface area contributed by atoms with Gasteiger partial charge in [-0.15, -0.1) is 22.7 Å². The Hall–Kier alpha value is -3.08. The fourth-order valence-electron chi connectivity index (χ4n) is 3.31. The summed E-state index contributed by atoms with van der Waals surface area (Å²) in [4.78, 5) is 4.96. The van der Waals surface area contributed by atoms with Crippen LogP contribution in [-0.2, 0) is 6.42 Å². The summed E-state index contributed by atoms with van der Waals surface area (Å²) in [5.41, 5.74) is 0.261. The molecule has 2 heterocycles. The molecule has 170 valence electrons. The summed E-state index contributed by atoms with van der Waals surface area (Å²) in [5, 5.41) is 1.96. The third kappa shape index (κ3) is 5.35. The van der Waals surface area contributed by atoms with Crippen LogP contribution >= 0.6 is 34.9 Å². The van der Waals surface area contributed by atoms with Crippen LogP contribution in [0.15, 0.2) is 41.4 Å². The Morgan fingerprint density at radius 1 is 0.853 bits per heavy atom. The summed E-state index contributed by atoms with van der Waals surface area (Å²) in [7, 11) is 0. The van der Waals surface area contributed by atoms with Gasteiger partial charge in [0.1, 0.15) is 17.3 Å². The molecule has 4 aromatic rings. The van der Waals surface area contributed by atoms with Crippen LogP contribution in [-0.4, -0.2) is 5.16 Å². The smallest absolute Gasteiger partial charge is 0.153 e. The highest BCUT2D eigenvalue weighted by Crippen LogP contribution is 2.34. The van der Waals surface area contributed by atoms with Gasteiger partial charge in [-0.05, 0) is 72.2 Å². The molecule has 1 nitrogen and oxygen atoms in total. The molecule has 0 amide bonds. The van der Waals surface area contributed by atoms with Crippen LogP contribution in [0, 0.1) is 35.1 Å². The third-order valence-corrected chi connectivity index (χ3v) is 7.08. The van der Waals surface area contributed by atoms with Gasteiger partial charge in [0.15, 0.2) is 11.6 Å². The van der Waals surface area contributed by atoms with E-state index in [-0.39, 0.29) is 5.56 Å². The highest BCUT2D eigenvalue weighted by Gasteiger charge is 2.11. The van der Waals surface area contributed by atoms with Gasteiger partial charge in [0.05, 0.1) is 15.6 Å². The minimum atomic E-state index is -0.819. The number of nitrogens with zero attached hydrogens (tertiary/aromatic N) is 1. The lowest BCUT2D eigenvalue weighted by atomic mass is 10.1. The second-order valence-corrected chi connectivity index (χ2v) is 9.67. The van der Waals surface area contributed by atoms with E-state index in [0.29, 0.717) is 22.4 Å². The second-order valence-electron chi connectivity index (χ2n) is 7.29. The number of rotatable bonds is 5. The van der Waals surface area contributed by atoms with Crippen molar-refractivity contribution in [1.82, 2.24) is 0 Å². The summed E-state index contributed by atoms with van der Waals surface area (Å²) in [5.74, 6) is 2.51. The van der Waals surface area contributed by atoms with Gasteiger partial charge in [-0.3, -0.25) is 0 Å². The van der Waals surface area contributed by atoms with Crippen LogP contribution in [0.1, 0.15) is 39.8 Å². The molecule has 8 heteroatoms. The number of aliphatic imine (C=N–C) groups is 1. The highest BCUT2D eigenvalue weighted by molar-refractivity contribution is 7.78. The maximum Gasteiger partial charge on any atom is 0.153 e. The number of hydrogen-bond acceptors (Lipinski definition) is 4. The van der Waals surface area contributed by atoms with Crippen LogP contribution in [0.5, 0.6) is 0 Å². The number of hydrogen-bond donors (Lipinski definition) is 0. The van der Waals surface area contributed by atoms with Crippen molar-refractivity contribution in [1.29, 1.82) is 0 Å². The van der Waals surface area contributed by atoms with Crippen LogP contribution in [0.2, 0.25) is 0 Å². The lowest BCUT2D eigenvalue weighted by Gasteiger charge is -2.02. The Labute approximate surface area is 207 Å². The molecule has 4 rings (SSSR count). The van der Waals surface area contributed by atoms with Crippen LogP contribution in [0.25, 0.3) is 21.6 Å². The largest absolute Gasteiger partial charge is 0.206 e. The van der Waals surface area contributed by atoms with Gasteiger partial charge in [0, 0.05) is 14.3 Å². The quantitative estimate of drug-likeness (QED) is 0.112. The maximum absolute atomic E-state index is 14.3. The Morgan fingerprint density at radius 3 is 2.15 bits per heavy atom. The Balaban J connectivity index is 1.54. The van der Waals surface area contributed by atoms with Gasteiger partial charge in [-0.1, -0.05) is 31.3 Å². The average Bonchev–Trinajstić information content (AvgIpc) is 3.33. The Kier molecular flexibility index (Phi) is 7.40. The molecule has 0 unspecified atom stereocenters. The van der Waals surface area contributed by atoms with E-state index in [1.807, 2.05) is 24.2 Å². The standard InChI is InChI=1S/C26H15F4NS3/c1-2-3-15-8-20(27)19(21(28)9-15)7-6-18-13-25-24(34-18)12-17(33-25)5-4-16-10-22(29)26(31-14-32)23(30)11-16/h4-5,8-13H,2-3H2,1H3/b5-4+. The molecule has 2 aromatic heterocycles. The minimum Gasteiger partial charge on any atom is -0.206 e. The molecule has 2 aromatic carbocycles. The Morgan fingerprint density at radius 2 is 1.53 bits per heavy atom. The number of aryl methyl sites for hydroxylation is 1. The molecule has 0 bridgehead atoms. The zero-order valence-corrected chi connectivity index (χ0v) is 20.2. The summed E-state index contributed by atoms with van der Waals surface area (Å²) < 4.78 is 58.4. The van der Waals surface area contributed by atoms with Gasteiger partial charge in [0.25, 0.3) is 0 Å². The Bertz CT molecular complexity index is 1450. The molecule has 0 N–H and O–H groups in total. The van der Waals surface area contributed by atoms with E-state index in [1.54, 1.807) is 12.2 Å². The molecule has 0 saturated carbocycles. The molecular weight excluding hydrogens is 498 g/mol. The number of isothiocyanates is 1. The number of halogens is 4. The van der Waals surface area contributed by atoms with E-state index in [0.717, 1.165) is 20.7 Å². The predicted octanol–water partition coefficient (Wildman–Crippen LogP) is 8.78. The number of thiophene rings is 2.